The molecule has 0 saturated heterocycles. The Bertz CT molecular complexity index is 1160. The standard InChI is InChI=1S/C20H20ClN3O5S/c1-10(11-6-4-5-7-13(11)21)22-9-14-23-18(26)16-12(8-15(25)28-2)17(20(27)29-3)30-19(16)24-14/h4-7,10,22H,8-9H2,1-3H3,(H,23,24,26). The predicted octanol–water partition coefficient (Wildman–Crippen LogP) is 2.99. The molecule has 10 heteroatoms. The number of methoxy groups -OCH3 is 2. The van der Waals surface area contributed by atoms with Crippen molar-refractivity contribution in [1.82, 2.24) is 15.3 Å². The Labute approximate surface area is 181 Å². The third-order valence-corrected chi connectivity index (χ3v) is 6.03. The third kappa shape index (κ3) is 4.53. The summed E-state index contributed by atoms with van der Waals surface area (Å²) in [5.74, 6) is -0.810. The maximum Gasteiger partial charge on any atom is 0.348 e. The molecule has 2 heterocycles. The summed E-state index contributed by atoms with van der Waals surface area (Å²) >= 11 is 7.24. The van der Waals surface area contributed by atoms with E-state index >= 15 is 0 Å². The molecule has 8 nitrogen and oxygen atoms in total. The second-order valence-electron chi connectivity index (χ2n) is 6.47. The molecular weight excluding hydrogens is 430 g/mol. The number of H-pyrrole nitrogens is 1. The smallest absolute Gasteiger partial charge is 0.348 e. The number of fused-ring (bicyclic) bond motifs is 1. The number of nitrogens with zero attached hydrogens (tertiary/aromatic N) is 1. The summed E-state index contributed by atoms with van der Waals surface area (Å²) in [6.45, 7) is 2.22. The quantitative estimate of drug-likeness (QED) is 0.533. The van der Waals surface area contributed by atoms with Gasteiger partial charge in [0.2, 0.25) is 0 Å². The Hall–Kier alpha value is -2.75. The van der Waals surface area contributed by atoms with E-state index in [9.17, 15) is 14.4 Å². The van der Waals surface area contributed by atoms with E-state index < -0.39 is 17.5 Å². The molecule has 1 atom stereocenters. The Morgan fingerprint density at radius 3 is 2.67 bits per heavy atom. The van der Waals surface area contributed by atoms with E-state index in [1.165, 1.54) is 14.2 Å². The maximum atomic E-state index is 12.7. The Kier molecular flexibility index (Phi) is 6.86. The number of benzene rings is 1. The van der Waals surface area contributed by atoms with Crippen molar-refractivity contribution in [1.29, 1.82) is 0 Å². The molecule has 2 N–H and O–H groups in total. The predicted molar refractivity (Wildman–Crippen MR) is 114 cm³/mol. The van der Waals surface area contributed by atoms with Crippen LogP contribution in [0, 0.1) is 0 Å². The van der Waals surface area contributed by atoms with E-state index in [1.807, 2.05) is 31.2 Å². The van der Waals surface area contributed by atoms with Gasteiger partial charge in [-0.3, -0.25) is 9.59 Å². The third-order valence-electron chi connectivity index (χ3n) is 4.58. The van der Waals surface area contributed by atoms with Gasteiger partial charge in [0.1, 0.15) is 15.5 Å². The SMILES string of the molecule is COC(=O)Cc1c(C(=O)OC)sc2nc(CNC(C)c3ccccc3Cl)[nH]c(=O)c12. The molecule has 3 aromatic rings. The van der Waals surface area contributed by atoms with Crippen molar-refractivity contribution < 1.29 is 19.1 Å². The molecule has 158 valence electrons. The van der Waals surface area contributed by atoms with E-state index in [0.29, 0.717) is 15.7 Å². The van der Waals surface area contributed by atoms with Crippen LogP contribution in [0.25, 0.3) is 10.2 Å². The van der Waals surface area contributed by atoms with Crippen molar-refractivity contribution in [2.75, 3.05) is 14.2 Å². The molecule has 1 aromatic carbocycles. The highest BCUT2D eigenvalue weighted by molar-refractivity contribution is 7.20. The molecule has 30 heavy (non-hydrogen) atoms. The number of esters is 2. The van der Waals surface area contributed by atoms with Crippen LogP contribution in [-0.4, -0.2) is 36.1 Å². The van der Waals surface area contributed by atoms with E-state index in [-0.39, 0.29) is 34.8 Å². The van der Waals surface area contributed by atoms with E-state index in [1.54, 1.807) is 0 Å². The van der Waals surface area contributed by atoms with Crippen LogP contribution in [-0.2, 0) is 27.2 Å². The van der Waals surface area contributed by atoms with Crippen LogP contribution in [0.1, 0.15) is 39.6 Å². The largest absolute Gasteiger partial charge is 0.469 e. The molecule has 0 saturated carbocycles. The Morgan fingerprint density at radius 1 is 1.27 bits per heavy atom. The number of hydrogen-bond donors (Lipinski definition) is 2. The van der Waals surface area contributed by atoms with Gasteiger partial charge in [-0.1, -0.05) is 29.8 Å². The molecule has 0 fully saturated rings. The van der Waals surface area contributed by atoms with Crippen LogP contribution < -0.4 is 10.9 Å². The number of ether oxygens (including phenoxy) is 2. The average Bonchev–Trinajstić information content (AvgIpc) is 3.10. The maximum absolute atomic E-state index is 12.7. The van der Waals surface area contributed by atoms with E-state index in [0.717, 1.165) is 16.9 Å². The van der Waals surface area contributed by atoms with Gasteiger partial charge in [0.15, 0.2) is 0 Å². The summed E-state index contributed by atoms with van der Waals surface area (Å²) < 4.78 is 9.47. The number of rotatable bonds is 7. The highest BCUT2D eigenvalue weighted by atomic mass is 35.5. The summed E-state index contributed by atoms with van der Waals surface area (Å²) in [4.78, 5) is 44.3. The molecule has 3 rings (SSSR count). The fraction of sp³-hybridized carbons (Fsp3) is 0.300. The van der Waals surface area contributed by atoms with Gasteiger partial charge in [0, 0.05) is 16.6 Å². The highest BCUT2D eigenvalue weighted by Gasteiger charge is 2.24. The fourth-order valence-electron chi connectivity index (χ4n) is 3.02. The highest BCUT2D eigenvalue weighted by Crippen LogP contribution is 2.29. The van der Waals surface area contributed by atoms with Gasteiger partial charge in [0.25, 0.3) is 5.56 Å². The van der Waals surface area contributed by atoms with Crippen LogP contribution in [0.5, 0.6) is 0 Å². The molecule has 0 aliphatic carbocycles. The number of nitrogens with one attached hydrogen (secondary N) is 2. The second-order valence-corrected chi connectivity index (χ2v) is 7.88. The van der Waals surface area contributed by atoms with Gasteiger partial charge in [-0.2, -0.15) is 0 Å². The summed E-state index contributed by atoms with van der Waals surface area (Å²) in [7, 11) is 2.47. The second kappa shape index (κ2) is 9.38. The normalized spacial score (nSPS) is 12.0. The molecule has 1 unspecified atom stereocenters. The van der Waals surface area contributed by atoms with Gasteiger partial charge in [-0.25, -0.2) is 9.78 Å². The van der Waals surface area contributed by atoms with Crippen molar-refractivity contribution >= 4 is 45.1 Å². The Balaban J connectivity index is 1.93. The van der Waals surface area contributed by atoms with Crippen molar-refractivity contribution in [2.45, 2.75) is 25.9 Å². The first-order valence-electron chi connectivity index (χ1n) is 9.03. The van der Waals surface area contributed by atoms with Crippen LogP contribution in [0.4, 0.5) is 0 Å². The zero-order chi connectivity index (χ0) is 21.8. The summed E-state index contributed by atoms with van der Waals surface area (Å²) in [5, 5.41) is 4.10. The van der Waals surface area contributed by atoms with Gasteiger partial charge >= 0.3 is 11.9 Å². The minimum absolute atomic E-state index is 0.0800. The van der Waals surface area contributed by atoms with E-state index in [2.05, 4.69) is 20.0 Å². The molecule has 0 aliphatic rings. The van der Waals surface area contributed by atoms with E-state index in [4.69, 9.17) is 16.3 Å². The average molecular weight is 450 g/mol. The number of halogens is 1. The lowest BCUT2D eigenvalue weighted by Gasteiger charge is -2.15. The molecule has 0 radical (unpaired) electrons. The zero-order valence-corrected chi connectivity index (χ0v) is 18.1. The monoisotopic (exact) mass is 449 g/mol. The molecule has 0 bridgehead atoms. The summed E-state index contributed by atoms with van der Waals surface area (Å²) in [5.41, 5.74) is 0.742. The van der Waals surface area contributed by atoms with Crippen molar-refractivity contribution in [3.8, 4) is 0 Å². The first-order valence-corrected chi connectivity index (χ1v) is 10.2. The summed E-state index contributed by atoms with van der Waals surface area (Å²) in [6, 6.07) is 7.40. The number of aromatic amines is 1. The van der Waals surface area contributed by atoms with Crippen LogP contribution in [0.15, 0.2) is 29.1 Å². The molecule has 0 amide bonds. The number of carbonyl (C=O) groups is 2. The zero-order valence-electron chi connectivity index (χ0n) is 16.6. The topological polar surface area (TPSA) is 110 Å². The number of carbonyl (C=O) groups excluding carboxylic acids is 2. The van der Waals surface area contributed by atoms with Gasteiger partial charge in [-0.15, -0.1) is 11.3 Å². The van der Waals surface area contributed by atoms with Crippen LogP contribution in [0.2, 0.25) is 5.02 Å². The van der Waals surface area contributed by atoms with Gasteiger partial charge in [-0.05, 0) is 18.6 Å². The lowest BCUT2D eigenvalue weighted by Crippen LogP contribution is -2.22. The van der Waals surface area contributed by atoms with Crippen LogP contribution >= 0.6 is 22.9 Å². The molecular formula is C20H20ClN3O5S. The number of thiophene rings is 1. The minimum atomic E-state index is -0.636. The minimum Gasteiger partial charge on any atom is -0.469 e. The number of hydrogen-bond acceptors (Lipinski definition) is 8. The molecule has 0 aliphatic heterocycles. The lowest BCUT2D eigenvalue weighted by atomic mass is 10.1. The summed E-state index contributed by atoms with van der Waals surface area (Å²) in [6.07, 6.45) is -0.229. The van der Waals surface area contributed by atoms with Crippen molar-refractivity contribution in [3.63, 3.8) is 0 Å². The first-order chi connectivity index (χ1) is 14.3. The van der Waals surface area contributed by atoms with Crippen molar-refractivity contribution in [2.24, 2.45) is 0 Å². The van der Waals surface area contributed by atoms with Gasteiger partial charge < -0.3 is 19.8 Å². The Morgan fingerprint density at radius 2 is 2.00 bits per heavy atom. The first kappa shape index (κ1) is 21.9. The van der Waals surface area contributed by atoms with Crippen molar-refractivity contribution in [3.05, 3.63) is 61.5 Å². The lowest BCUT2D eigenvalue weighted by molar-refractivity contribution is -0.139. The fourth-order valence-corrected chi connectivity index (χ4v) is 4.45. The number of aromatic nitrogens is 2. The van der Waals surface area contributed by atoms with Crippen LogP contribution in [0.3, 0.4) is 0 Å². The molecule has 2 aromatic heterocycles. The molecule has 0 spiro atoms. The van der Waals surface area contributed by atoms with Gasteiger partial charge in [0.05, 0.1) is 32.6 Å².